The molecule has 1 N–H and O–H groups in total. The van der Waals surface area contributed by atoms with Gasteiger partial charge < -0.3 is 9.73 Å². The van der Waals surface area contributed by atoms with Gasteiger partial charge in [0, 0.05) is 24.9 Å². The minimum Gasteiger partial charge on any atom is -0.441 e. The summed E-state index contributed by atoms with van der Waals surface area (Å²) in [6, 6.07) is 15.5. The Morgan fingerprint density at radius 2 is 2.04 bits per heavy atom. The number of oxazole rings is 1. The molecule has 3 rings (SSSR count). The summed E-state index contributed by atoms with van der Waals surface area (Å²) < 4.78 is 5.70. The van der Waals surface area contributed by atoms with Gasteiger partial charge in [0.1, 0.15) is 0 Å². The van der Waals surface area contributed by atoms with Crippen molar-refractivity contribution in [2.24, 2.45) is 0 Å². The highest BCUT2D eigenvalue weighted by Crippen LogP contribution is 2.28. The van der Waals surface area contributed by atoms with Gasteiger partial charge in [-0.15, -0.1) is 0 Å². The molecule has 0 aliphatic heterocycles. The van der Waals surface area contributed by atoms with Gasteiger partial charge in [0.2, 0.25) is 5.91 Å². The fourth-order valence-electron chi connectivity index (χ4n) is 2.54. The number of halogens is 1. The number of carbonyl (C=O) groups is 1. The Hall–Kier alpha value is -2.59. The van der Waals surface area contributed by atoms with Crippen molar-refractivity contribution in [1.82, 2.24) is 10.3 Å². The second-order valence-electron chi connectivity index (χ2n) is 5.86. The second-order valence-corrected chi connectivity index (χ2v) is 6.27. The molecule has 128 valence electrons. The molecule has 5 heteroatoms. The van der Waals surface area contributed by atoms with Gasteiger partial charge in [-0.05, 0) is 24.6 Å². The van der Waals surface area contributed by atoms with E-state index in [1.54, 1.807) is 12.3 Å². The molecule has 25 heavy (non-hydrogen) atoms. The fraction of sp³-hybridized carbons (Fsp3) is 0.200. The van der Waals surface area contributed by atoms with Crippen molar-refractivity contribution >= 4 is 17.5 Å². The van der Waals surface area contributed by atoms with Crippen LogP contribution >= 0.6 is 11.6 Å². The predicted molar refractivity (Wildman–Crippen MR) is 98.3 cm³/mol. The summed E-state index contributed by atoms with van der Waals surface area (Å²) in [5, 5.41) is 3.53. The number of aryl methyl sites for hydroxylation is 2. The minimum atomic E-state index is -0.0287. The number of nitrogens with one attached hydrogen (secondary N) is 1. The summed E-state index contributed by atoms with van der Waals surface area (Å²) >= 11 is 6.15. The van der Waals surface area contributed by atoms with Gasteiger partial charge in [0.25, 0.3) is 0 Å². The Morgan fingerprint density at radius 1 is 1.20 bits per heavy atom. The number of nitrogens with zero attached hydrogens (tertiary/aromatic N) is 1. The first-order valence-corrected chi connectivity index (χ1v) is 8.51. The van der Waals surface area contributed by atoms with Crippen LogP contribution in [-0.4, -0.2) is 10.9 Å². The van der Waals surface area contributed by atoms with E-state index >= 15 is 0 Å². The number of hydrogen-bond donors (Lipinski definition) is 1. The Labute approximate surface area is 151 Å². The van der Waals surface area contributed by atoms with Crippen LogP contribution < -0.4 is 5.32 Å². The minimum absolute atomic E-state index is 0.0287. The molecular formula is C20H19ClN2O2. The quantitative estimate of drug-likeness (QED) is 0.706. The summed E-state index contributed by atoms with van der Waals surface area (Å²) in [5.74, 6) is 1.11. The molecule has 0 radical (unpaired) electrons. The highest BCUT2D eigenvalue weighted by atomic mass is 35.5. The lowest BCUT2D eigenvalue weighted by Gasteiger charge is -2.05. The molecule has 1 amide bonds. The zero-order valence-electron chi connectivity index (χ0n) is 14.0. The predicted octanol–water partition coefficient (Wildman–Crippen LogP) is 4.55. The van der Waals surface area contributed by atoms with Crippen molar-refractivity contribution in [2.45, 2.75) is 26.3 Å². The Kier molecular flexibility index (Phi) is 5.51. The van der Waals surface area contributed by atoms with Gasteiger partial charge in [-0.1, -0.05) is 53.6 Å². The van der Waals surface area contributed by atoms with Crippen molar-refractivity contribution in [3.05, 3.63) is 76.8 Å². The van der Waals surface area contributed by atoms with Crippen LogP contribution in [0.25, 0.3) is 11.3 Å². The standard InChI is InChI=1S/C20H19ClN2O2/c1-14-5-4-6-15(11-14)12-22-19(24)9-10-20-23-13-18(25-20)16-7-2-3-8-17(16)21/h2-8,11,13H,9-10,12H2,1H3,(H,22,24). The topological polar surface area (TPSA) is 55.1 Å². The van der Waals surface area contributed by atoms with Crippen LogP contribution in [0, 0.1) is 6.92 Å². The summed E-state index contributed by atoms with van der Waals surface area (Å²) in [4.78, 5) is 16.2. The third kappa shape index (κ3) is 4.70. The van der Waals surface area contributed by atoms with E-state index < -0.39 is 0 Å². The molecule has 0 spiro atoms. The number of rotatable bonds is 6. The summed E-state index contributed by atoms with van der Waals surface area (Å²) in [6.45, 7) is 2.56. The van der Waals surface area contributed by atoms with Gasteiger partial charge in [-0.3, -0.25) is 4.79 Å². The van der Waals surface area contributed by atoms with Crippen LogP contribution in [0.3, 0.4) is 0 Å². The molecule has 4 nitrogen and oxygen atoms in total. The average Bonchev–Trinajstić information content (AvgIpc) is 3.07. The lowest BCUT2D eigenvalue weighted by atomic mass is 10.1. The summed E-state index contributed by atoms with van der Waals surface area (Å²) in [6.07, 6.45) is 2.42. The van der Waals surface area contributed by atoms with Crippen LogP contribution in [0.1, 0.15) is 23.4 Å². The van der Waals surface area contributed by atoms with Gasteiger partial charge >= 0.3 is 0 Å². The monoisotopic (exact) mass is 354 g/mol. The van der Waals surface area contributed by atoms with Gasteiger partial charge in [-0.2, -0.15) is 0 Å². The van der Waals surface area contributed by atoms with Crippen LogP contribution in [0.2, 0.25) is 5.02 Å². The number of benzene rings is 2. The molecule has 0 saturated heterocycles. The summed E-state index contributed by atoms with van der Waals surface area (Å²) in [5.41, 5.74) is 3.07. The maximum Gasteiger partial charge on any atom is 0.220 e. The van der Waals surface area contributed by atoms with E-state index in [2.05, 4.69) is 16.4 Å². The maximum atomic E-state index is 12.0. The molecule has 3 aromatic rings. The van der Waals surface area contributed by atoms with Crippen molar-refractivity contribution in [1.29, 1.82) is 0 Å². The SMILES string of the molecule is Cc1cccc(CNC(=O)CCc2ncc(-c3ccccc3Cl)o2)c1. The third-order valence-electron chi connectivity index (χ3n) is 3.83. The lowest BCUT2D eigenvalue weighted by Crippen LogP contribution is -2.23. The highest BCUT2D eigenvalue weighted by molar-refractivity contribution is 6.33. The number of carbonyl (C=O) groups excluding carboxylic acids is 1. The van der Waals surface area contributed by atoms with E-state index in [4.69, 9.17) is 16.0 Å². The molecule has 0 aliphatic carbocycles. The van der Waals surface area contributed by atoms with Crippen LogP contribution in [0.5, 0.6) is 0 Å². The molecular weight excluding hydrogens is 336 g/mol. The van der Waals surface area contributed by atoms with Crippen LogP contribution in [-0.2, 0) is 17.8 Å². The molecule has 2 aromatic carbocycles. The van der Waals surface area contributed by atoms with E-state index in [1.807, 2.05) is 43.3 Å². The van der Waals surface area contributed by atoms with Crippen molar-refractivity contribution < 1.29 is 9.21 Å². The normalized spacial score (nSPS) is 10.6. The molecule has 0 fully saturated rings. The average molecular weight is 355 g/mol. The smallest absolute Gasteiger partial charge is 0.220 e. The van der Waals surface area contributed by atoms with E-state index in [0.29, 0.717) is 36.1 Å². The molecule has 1 heterocycles. The Bertz CT molecular complexity index is 873. The molecule has 0 saturated carbocycles. The number of aromatic nitrogens is 1. The van der Waals surface area contributed by atoms with Gasteiger partial charge in [0.15, 0.2) is 11.7 Å². The Morgan fingerprint density at radius 3 is 2.84 bits per heavy atom. The molecule has 0 bridgehead atoms. The number of amides is 1. The molecule has 0 aliphatic rings. The third-order valence-corrected chi connectivity index (χ3v) is 4.16. The number of hydrogen-bond acceptors (Lipinski definition) is 3. The van der Waals surface area contributed by atoms with Gasteiger partial charge in [-0.25, -0.2) is 4.98 Å². The first-order valence-electron chi connectivity index (χ1n) is 8.13. The van der Waals surface area contributed by atoms with E-state index in [-0.39, 0.29) is 5.91 Å². The maximum absolute atomic E-state index is 12.0. The largest absolute Gasteiger partial charge is 0.441 e. The Balaban J connectivity index is 1.52. The first kappa shape index (κ1) is 17.2. The van der Waals surface area contributed by atoms with E-state index in [1.165, 1.54) is 5.56 Å². The zero-order valence-corrected chi connectivity index (χ0v) is 14.7. The van der Waals surface area contributed by atoms with Crippen molar-refractivity contribution in [3.63, 3.8) is 0 Å². The first-order chi connectivity index (χ1) is 12.1. The fourth-order valence-corrected chi connectivity index (χ4v) is 2.77. The summed E-state index contributed by atoms with van der Waals surface area (Å²) in [7, 11) is 0. The molecule has 1 aromatic heterocycles. The molecule has 0 atom stereocenters. The van der Waals surface area contributed by atoms with E-state index in [9.17, 15) is 4.79 Å². The van der Waals surface area contributed by atoms with Crippen molar-refractivity contribution in [2.75, 3.05) is 0 Å². The lowest BCUT2D eigenvalue weighted by molar-refractivity contribution is -0.121. The molecule has 0 unspecified atom stereocenters. The van der Waals surface area contributed by atoms with Crippen LogP contribution in [0.15, 0.2) is 59.1 Å². The van der Waals surface area contributed by atoms with E-state index in [0.717, 1.165) is 11.1 Å². The van der Waals surface area contributed by atoms with Crippen LogP contribution in [0.4, 0.5) is 0 Å². The van der Waals surface area contributed by atoms with Crippen molar-refractivity contribution in [3.8, 4) is 11.3 Å². The zero-order chi connectivity index (χ0) is 17.6. The highest BCUT2D eigenvalue weighted by Gasteiger charge is 2.11. The second kappa shape index (κ2) is 7.99. The van der Waals surface area contributed by atoms with Gasteiger partial charge in [0.05, 0.1) is 11.2 Å².